The number of ether oxygens (including phenoxy) is 1. The molecular formula is C19H30N4O2. The van der Waals surface area contributed by atoms with Crippen molar-refractivity contribution in [2.24, 2.45) is 0 Å². The maximum absolute atomic E-state index is 12.3. The van der Waals surface area contributed by atoms with E-state index in [0.29, 0.717) is 6.54 Å². The number of amides is 1. The van der Waals surface area contributed by atoms with E-state index >= 15 is 0 Å². The van der Waals surface area contributed by atoms with Crippen LogP contribution in [0, 0.1) is 0 Å². The maximum atomic E-state index is 12.3. The van der Waals surface area contributed by atoms with Crippen molar-refractivity contribution < 1.29 is 9.53 Å². The number of benzene rings is 1. The Bertz CT molecular complexity index is 511. The lowest BCUT2D eigenvalue weighted by Crippen LogP contribution is -2.50. The van der Waals surface area contributed by atoms with Crippen molar-refractivity contribution in [3.63, 3.8) is 0 Å². The Morgan fingerprint density at radius 1 is 0.960 bits per heavy atom. The predicted molar refractivity (Wildman–Crippen MR) is 98.4 cm³/mol. The molecule has 2 aliphatic rings. The number of carbonyl (C=O) groups excluding carboxylic acids is 1. The Kier molecular flexibility index (Phi) is 7.23. The molecule has 2 fully saturated rings. The van der Waals surface area contributed by atoms with E-state index < -0.39 is 0 Å². The van der Waals surface area contributed by atoms with Crippen LogP contribution in [0.1, 0.15) is 5.56 Å². The minimum Gasteiger partial charge on any atom is -0.379 e. The Balaban J connectivity index is 1.29. The minimum atomic E-state index is 0.223. The highest BCUT2D eigenvalue weighted by Gasteiger charge is 2.20. The van der Waals surface area contributed by atoms with E-state index in [-0.39, 0.29) is 5.91 Å². The van der Waals surface area contributed by atoms with Gasteiger partial charge < -0.3 is 15.0 Å². The molecule has 0 aliphatic carbocycles. The molecule has 0 atom stereocenters. The molecule has 2 heterocycles. The van der Waals surface area contributed by atoms with Gasteiger partial charge in [0.05, 0.1) is 19.8 Å². The summed E-state index contributed by atoms with van der Waals surface area (Å²) < 4.78 is 5.34. The second-order valence-electron chi connectivity index (χ2n) is 6.77. The zero-order chi connectivity index (χ0) is 17.3. The van der Waals surface area contributed by atoms with Crippen LogP contribution in [-0.2, 0) is 16.1 Å². The highest BCUT2D eigenvalue weighted by molar-refractivity contribution is 5.78. The van der Waals surface area contributed by atoms with Gasteiger partial charge in [0, 0.05) is 58.9 Å². The number of nitrogens with one attached hydrogen (secondary N) is 1. The lowest BCUT2D eigenvalue weighted by molar-refractivity contribution is -0.132. The van der Waals surface area contributed by atoms with Crippen molar-refractivity contribution >= 4 is 5.91 Å². The standard InChI is InChI=1S/C19H30N4O2/c24-19(16-20-6-7-21-12-14-25-15-13-21)23-10-8-22(9-11-23)17-18-4-2-1-3-5-18/h1-5,20H,6-17H2. The van der Waals surface area contributed by atoms with Gasteiger partial charge in [0.25, 0.3) is 0 Å². The lowest BCUT2D eigenvalue weighted by Gasteiger charge is -2.35. The molecule has 6 nitrogen and oxygen atoms in total. The number of hydrogen-bond donors (Lipinski definition) is 1. The smallest absolute Gasteiger partial charge is 0.236 e. The summed E-state index contributed by atoms with van der Waals surface area (Å²) >= 11 is 0. The molecule has 0 bridgehead atoms. The Labute approximate surface area is 150 Å². The zero-order valence-electron chi connectivity index (χ0n) is 15.0. The van der Waals surface area contributed by atoms with Crippen molar-refractivity contribution in [1.82, 2.24) is 20.0 Å². The topological polar surface area (TPSA) is 48.1 Å². The molecule has 0 saturated carbocycles. The molecule has 6 heteroatoms. The number of carbonyl (C=O) groups is 1. The zero-order valence-corrected chi connectivity index (χ0v) is 15.0. The average molecular weight is 346 g/mol. The van der Waals surface area contributed by atoms with E-state index in [1.165, 1.54) is 5.56 Å². The van der Waals surface area contributed by atoms with Crippen LogP contribution < -0.4 is 5.32 Å². The summed E-state index contributed by atoms with van der Waals surface area (Å²) in [5.74, 6) is 0.223. The Morgan fingerprint density at radius 2 is 1.68 bits per heavy atom. The van der Waals surface area contributed by atoms with E-state index in [4.69, 9.17) is 4.74 Å². The molecule has 2 aliphatic heterocycles. The van der Waals surface area contributed by atoms with Crippen molar-refractivity contribution in [3.8, 4) is 0 Å². The first-order valence-electron chi connectivity index (χ1n) is 9.36. The van der Waals surface area contributed by atoms with Crippen LogP contribution in [0.3, 0.4) is 0 Å². The van der Waals surface area contributed by atoms with Crippen LogP contribution in [0.4, 0.5) is 0 Å². The van der Waals surface area contributed by atoms with Crippen molar-refractivity contribution in [2.45, 2.75) is 6.54 Å². The van der Waals surface area contributed by atoms with Crippen LogP contribution in [-0.4, -0.2) is 92.7 Å². The van der Waals surface area contributed by atoms with Crippen LogP contribution in [0.25, 0.3) is 0 Å². The molecule has 1 aromatic carbocycles. The first-order valence-corrected chi connectivity index (χ1v) is 9.36. The van der Waals surface area contributed by atoms with Crippen LogP contribution >= 0.6 is 0 Å². The van der Waals surface area contributed by atoms with E-state index in [1.807, 2.05) is 11.0 Å². The van der Waals surface area contributed by atoms with Crippen molar-refractivity contribution in [3.05, 3.63) is 35.9 Å². The van der Waals surface area contributed by atoms with Gasteiger partial charge in [-0.05, 0) is 5.56 Å². The second kappa shape index (κ2) is 9.87. The summed E-state index contributed by atoms with van der Waals surface area (Å²) in [5.41, 5.74) is 1.34. The van der Waals surface area contributed by atoms with Gasteiger partial charge in [-0.1, -0.05) is 30.3 Å². The largest absolute Gasteiger partial charge is 0.379 e. The Morgan fingerprint density at radius 3 is 2.40 bits per heavy atom. The van der Waals surface area contributed by atoms with Gasteiger partial charge in [-0.2, -0.15) is 0 Å². The molecule has 138 valence electrons. The number of hydrogen-bond acceptors (Lipinski definition) is 5. The minimum absolute atomic E-state index is 0.223. The van der Waals surface area contributed by atoms with E-state index in [0.717, 1.165) is 72.1 Å². The molecule has 0 radical (unpaired) electrons. The van der Waals surface area contributed by atoms with Gasteiger partial charge in [-0.15, -0.1) is 0 Å². The number of nitrogens with zero attached hydrogens (tertiary/aromatic N) is 3. The van der Waals surface area contributed by atoms with Crippen LogP contribution in [0.2, 0.25) is 0 Å². The highest BCUT2D eigenvalue weighted by atomic mass is 16.5. The fourth-order valence-corrected chi connectivity index (χ4v) is 3.37. The third kappa shape index (κ3) is 6.08. The number of rotatable bonds is 7. The molecule has 1 aromatic rings. The second-order valence-corrected chi connectivity index (χ2v) is 6.77. The average Bonchev–Trinajstić information content (AvgIpc) is 2.67. The van der Waals surface area contributed by atoms with Gasteiger partial charge in [0.1, 0.15) is 0 Å². The molecule has 3 rings (SSSR count). The molecule has 25 heavy (non-hydrogen) atoms. The third-order valence-electron chi connectivity index (χ3n) is 4.96. The first kappa shape index (κ1) is 18.3. The first-order chi connectivity index (χ1) is 12.3. The summed E-state index contributed by atoms with van der Waals surface area (Å²) in [4.78, 5) is 19.1. The molecule has 0 spiro atoms. The van der Waals surface area contributed by atoms with Gasteiger partial charge in [0.15, 0.2) is 0 Å². The van der Waals surface area contributed by atoms with Crippen molar-refractivity contribution in [2.75, 3.05) is 72.1 Å². The van der Waals surface area contributed by atoms with Crippen LogP contribution in [0.5, 0.6) is 0 Å². The fraction of sp³-hybridized carbons (Fsp3) is 0.632. The Hall–Kier alpha value is -1.47. The molecule has 1 N–H and O–H groups in total. The summed E-state index contributed by atoms with van der Waals surface area (Å²) in [5, 5.41) is 3.29. The van der Waals surface area contributed by atoms with Gasteiger partial charge >= 0.3 is 0 Å². The highest BCUT2D eigenvalue weighted by Crippen LogP contribution is 2.08. The summed E-state index contributed by atoms with van der Waals surface area (Å²) in [6.07, 6.45) is 0. The van der Waals surface area contributed by atoms with Crippen molar-refractivity contribution in [1.29, 1.82) is 0 Å². The van der Waals surface area contributed by atoms with E-state index in [1.54, 1.807) is 0 Å². The molecule has 2 saturated heterocycles. The molecule has 0 aromatic heterocycles. The summed E-state index contributed by atoms with van der Waals surface area (Å²) in [7, 11) is 0. The summed E-state index contributed by atoms with van der Waals surface area (Å²) in [6.45, 7) is 10.5. The summed E-state index contributed by atoms with van der Waals surface area (Å²) in [6, 6.07) is 10.5. The van der Waals surface area contributed by atoms with Gasteiger partial charge in [0.2, 0.25) is 5.91 Å². The monoisotopic (exact) mass is 346 g/mol. The number of piperazine rings is 1. The lowest BCUT2D eigenvalue weighted by atomic mass is 10.2. The fourth-order valence-electron chi connectivity index (χ4n) is 3.37. The maximum Gasteiger partial charge on any atom is 0.236 e. The molecular weight excluding hydrogens is 316 g/mol. The predicted octanol–water partition coefficient (Wildman–Crippen LogP) is 0.253. The van der Waals surface area contributed by atoms with Crippen LogP contribution in [0.15, 0.2) is 30.3 Å². The molecule has 1 amide bonds. The molecule has 0 unspecified atom stereocenters. The van der Waals surface area contributed by atoms with Gasteiger partial charge in [-0.3, -0.25) is 14.6 Å². The normalized spacial score (nSPS) is 19.9. The van der Waals surface area contributed by atoms with Gasteiger partial charge in [-0.25, -0.2) is 0 Å². The quantitative estimate of drug-likeness (QED) is 0.718. The van der Waals surface area contributed by atoms with E-state index in [9.17, 15) is 4.79 Å². The third-order valence-corrected chi connectivity index (χ3v) is 4.96. The van der Waals surface area contributed by atoms with E-state index in [2.05, 4.69) is 39.4 Å². The SMILES string of the molecule is O=C(CNCCN1CCOCC1)N1CCN(Cc2ccccc2)CC1. The number of morpholine rings is 1.